The highest BCUT2D eigenvalue weighted by Crippen LogP contribution is 2.16. The first-order valence-electron chi connectivity index (χ1n) is 6.83. The van der Waals surface area contributed by atoms with Crippen molar-refractivity contribution in [2.75, 3.05) is 16.8 Å². The molecule has 2 rings (SSSR count). The van der Waals surface area contributed by atoms with E-state index in [9.17, 15) is 4.79 Å². The molecule has 0 fully saturated rings. The number of nitrogen functional groups attached to an aromatic ring is 1. The number of amides is 1. The molecule has 2 aromatic rings. The van der Waals surface area contributed by atoms with Crippen LogP contribution < -0.4 is 11.1 Å². The normalized spacial score (nSPS) is 10.4. The maximum atomic E-state index is 11.9. The summed E-state index contributed by atoms with van der Waals surface area (Å²) in [5, 5.41) is 2.86. The molecular formula is C17H20N2OS. The van der Waals surface area contributed by atoms with Crippen molar-refractivity contribution in [3.63, 3.8) is 0 Å². The molecule has 0 atom stereocenters. The van der Waals surface area contributed by atoms with E-state index >= 15 is 0 Å². The molecule has 21 heavy (non-hydrogen) atoms. The number of nitrogens with one attached hydrogen (secondary N) is 1. The second-order valence-corrected chi connectivity index (χ2v) is 6.14. The molecule has 0 aliphatic heterocycles. The molecule has 0 saturated carbocycles. The second kappa shape index (κ2) is 7.18. The molecule has 110 valence electrons. The third-order valence-electron chi connectivity index (χ3n) is 2.98. The predicted molar refractivity (Wildman–Crippen MR) is 91.6 cm³/mol. The van der Waals surface area contributed by atoms with Gasteiger partial charge in [-0.05, 0) is 43.7 Å². The number of benzene rings is 2. The standard InChI is InChI=1S/C17H20N2OS/c1-12-7-13(2)9-14(8-12)10-21-11-17(20)19-16-5-3-15(18)4-6-16/h3-9H,10-11,18H2,1-2H3,(H,19,20). The van der Waals surface area contributed by atoms with E-state index in [4.69, 9.17) is 5.73 Å². The Bertz CT molecular complexity index is 603. The van der Waals surface area contributed by atoms with Gasteiger partial charge in [-0.2, -0.15) is 0 Å². The number of hydrogen-bond donors (Lipinski definition) is 2. The molecule has 3 N–H and O–H groups in total. The number of anilines is 2. The summed E-state index contributed by atoms with van der Waals surface area (Å²) >= 11 is 1.62. The molecule has 0 aliphatic carbocycles. The van der Waals surface area contributed by atoms with Crippen LogP contribution in [0, 0.1) is 13.8 Å². The average molecular weight is 300 g/mol. The van der Waals surface area contributed by atoms with Crippen LogP contribution in [-0.2, 0) is 10.5 Å². The predicted octanol–water partition coefficient (Wildman–Crippen LogP) is 3.76. The zero-order chi connectivity index (χ0) is 15.2. The molecule has 0 unspecified atom stereocenters. The van der Waals surface area contributed by atoms with Gasteiger partial charge in [0.2, 0.25) is 5.91 Å². The van der Waals surface area contributed by atoms with E-state index in [-0.39, 0.29) is 5.91 Å². The lowest BCUT2D eigenvalue weighted by molar-refractivity contribution is -0.113. The smallest absolute Gasteiger partial charge is 0.234 e. The number of rotatable bonds is 5. The first kappa shape index (κ1) is 15.4. The number of thioether (sulfide) groups is 1. The zero-order valence-electron chi connectivity index (χ0n) is 12.3. The lowest BCUT2D eigenvalue weighted by Gasteiger charge is -2.07. The minimum atomic E-state index is 0.00847. The van der Waals surface area contributed by atoms with Crippen molar-refractivity contribution in [2.45, 2.75) is 19.6 Å². The fourth-order valence-electron chi connectivity index (χ4n) is 2.18. The zero-order valence-corrected chi connectivity index (χ0v) is 13.2. The van der Waals surface area contributed by atoms with E-state index in [0.717, 1.165) is 11.4 Å². The quantitative estimate of drug-likeness (QED) is 0.827. The third kappa shape index (κ3) is 5.16. The molecule has 0 aromatic heterocycles. The van der Waals surface area contributed by atoms with Gasteiger partial charge in [0.1, 0.15) is 0 Å². The SMILES string of the molecule is Cc1cc(C)cc(CSCC(=O)Nc2ccc(N)cc2)c1. The largest absolute Gasteiger partial charge is 0.399 e. The highest BCUT2D eigenvalue weighted by atomic mass is 32.2. The molecule has 0 aliphatic rings. The van der Waals surface area contributed by atoms with Crippen molar-refractivity contribution in [2.24, 2.45) is 0 Å². The maximum Gasteiger partial charge on any atom is 0.234 e. The molecule has 4 heteroatoms. The van der Waals surface area contributed by atoms with Crippen LogP contribution in [0.15, 0.2) is 42.5 Å². The van der Waals surface area contributed by atoms with Crippen LogP contribution in [0.5, 0.6) is 0 Å². The van der Waals surface area contributed by atoms with Gasteiger partial charge in [-0.15, -0.1) is 11.8 Å². The van der Waals surface area contributed by atoms with Crippen LogP contribution >= 0.6 is 11.8 Å². The third-order valence-corrected chi connectivity index (χ3v) is 3.98. The highest BCUT2D eigenvalue weighted by molar-refractivity contribution is 7.99. The lowest BCUT2D eigenvalue weighted by Crippen LogP contribution is -2.14. The summed E-state index contributed by atoms with van der Waals surface area (Å²) < 4.78 is 0. The van der Waals surface area contributed by atoms with Gasteiger partial charge in [-0.25, -0.2) is 0 Å². The lowest BCUT2D eigenvalue weighted by atomic mass is 10.1. The number of hydrogen-bond acceptors (Lipinski definition) is 3. The summed E-state index contributed by atoms with van der Waals surface area (Å²) in [5.41, 5.74) is 10.9. The summed E-state index contributed by atoms with van der Waals surface area (Å²) in [6.45, 7) is 4.18. The summed E-state index contributed by atoms with van der Waals surface area (Å²) in [6.07, 6.45) is 0. The van der Waals surface area contributed by atoms with Crippen molar-refractivity contribution < 1.29 is 4.79 Å². The topological polar surface area (TPSA) is 55.1 Å². The minimum Gasteiger partial charge on any atom is -0.399 e. The monoisotopic (exact) mass is 300 g/mol. The fourth-order valence-corrected chi connectivity index (χ4v) is 2.94. The summed E-state index contributed by atoms with van der Waals surface area (Å²) in [7, 11) is 0. The van der Waals surface area contributed by atoms with Gasteiger partial charge in [0, 0.05) is 17.1 Å². The number of aryl methyl sites for hydroxylation is 2. The van der Waals surface area contributed by atoms with Crippen molar-refractivity contribution in [1.29, 1.82) is 0 Å². The second-order valence-electron chi connectivity index (χ2n) is 5.16. The van der Waals surface area contributed by atoms with Crippen LogP contribution in [0.4, 0.5) is 11.4 Å². The van der Waals surface area contributed by atoms with Crippen LogP contribution in [-0.4, -0.2) is 11.7 Å². The van der Waals surface area contributed by atoms with E-state index < -0.39 is 0 Å². The molecule has 0 bridgehead atoms. The molecule has 0 heterocycles. The fraction of sp³-hybridized carbons (Fsp3) is 0.235. The Morgan fingerprint density at radius 1 is 1.10 bits per heavy atom. The van der Waals surface area contributed by atoms with Gasteiger partial charge in [0.05, 0.1) is 5.75 Å². The first-order chi connectivity index (χ1) is 10.0. The Morgan fingerprint density at radius 3 is 2.33 bits per heavy atom. The van der Waals surface area contributed by atoms with Crippen molar-refractivity contribution in [3.05, 3.63) is 59.2 Å². The Kier molecular flexibility index (Phi) is 5.28. The number of carbonyl (C=O) groups excluding carboxylic acids is 1. The Balaban J connectivity index is 1.80. The maximum absolute atomic E-state index is 11.9. The molecule has 0 spiro atoms. The molecule has 3 nitrogen and oxygen atoms in total. The Morgan fingerprint density at radius 2 is 1.71 bits per heavy atom. The summed E-state index contributed by atoms with van der Waals surface area (Å²) in [6, 6.07) is 13.7. The molecule has 0 saturated heterocycles. The molecule has 0 radical (unpaired) electrons. The van der Waals surface area contributed by atoms with Crippen LogP contribution in [0.2, 0.25) is 0 Å². The van der Waals surface area contributed by atoms with Crippen molar-refractivity contribution >= 4 is 29.0 Å². The van der Waals surface area contributed by atoms with Crippen LogP contribution in [0.1, 0.15) is 16.7 Å². The van der Waals surface area contributed by atoms with Crippen LogP contribution in [0.25, 0.3) is 0 Å². The van der Waals surface area contributed by atoms with Gasteiger partial charge in [-0.3, -0.25) is 4.79 Å². The highest BCUT2D eigenvalue weighted by Gasteiger charge is 2.03. The van der Waals surface area contributed by atoms with Crippen molar-refractivity contribution in [1.82, 2.24) is 0 Å². The number of carbonyl (C=O) groups is 1. The minimum absolute atomic E-state index is 0.00847. The van der Waals surface area contributed by atoms with Gasteiger partial charge in [-0.1, -0.05) is 29.3 Å². The van der Waals surface area contributed by atoms with E-state index in [2.05, 4.69) is 37.4 Å². The summed E-state index contributed by atoms with van der Waals surface area (Å²) in [4.78, 5) is 11.9. The van der Waals surface area contributed by atoms with Crippen molar-refractivity contribution in [3.8, 4) is 0 Å². The molecule has 2 aromatic carbocycles. The van der Waals surface area contributed by atoms with Gasteiger partial charge >= 0.3 is 0 Å². The van der Waals surface area contributed by atoms with E-state index in [1.165, 1.54) is 16.7 Å². The number of nitrogens with two attached hydrogens (primary N) is 1. The van der Waals surface area contributed by atoms with Gasteiger partial charge in [0.15, 0.2) is 0 Å². The molecular weight excluding hydrogens is 280 g/mol. The van der Waals surface area contributed by atoms with E-state index in [1.807, 2.05) is 12.1 Å². The summed E-state index contributed by atoms with van der Waals surface area (Å²) in [5.74, 6) is 1.30. The van der Waals surface area contributed by atoms with Crippen LogP contribution in [0.3, 0.4) is 0 Å². The van der Waals surface area contributed by atoms with E-state index in [0.29, 0.717) is 11.4 Å². The van der Waals surface area contributed by atoms with Gasteiger partial charge in [0.25, 0.3) is 0 Å². The first-order valence-corrected chi connectivity index (χ1v) is 7.99. The Hall–Kier alpha value is -1.94. The van der Waals surface area contributed by atoms with Gasteiger partial charge < -0.3 is 11.1 Å². The van der Waals surface area contributed by atoms with E-state index in [1.54, 1.807) is 23.9 Å². The Labute approximate surface area is 129 Å². The average Bonchev–Trinajstić information content (AvgIpc) is 2.40. The molecule has 1 amide bonds.